The maximum atomic E-state index is 4.68. The molecule has 1 fully saturated rings. The molecule has 0 aliphatic carbocycles. The van der Waals surface area contributed by atoms with E-state index >= 15 is 0 Å². The molecule has 5 nitrogen and oxygen atoms in total. The number of benzene rings is 1. The summed E-state index contributed by atoms with van der Waals surface area (Å²) in [5.41, 5.74) is 2.30. The first kappa shape index (κ1) is 15.6. The third kappa shape index (κ3) is 3.92. The van der Waals surface area contributed by atoms with Crippen molar-refractivity contribution in [3.63, 3.8) is 0 Å². The minimum atomic E-state index is 0.333. The Hall–Kier alpha value is -2.30. The lowest BCUT2D eigenvalue weighted by atomic mass is 10.2. The Morgan fingerprint density at radius 3 is 2.26 bits per heavy atom. The highest BCUT2D eigenvalue weighted by Gasteiger charge is 2.19. The second kappa shape index (κ2) is 6.86. The third-order valence-electron chi connectivity index (χ3n) is 3.98. The van der Waals surface area contributed by atoms with Gasteiger partial charge in [-0.05, 0) is 32.9 Å². The molecule has 1 aromatic heterocycles. The summed E-state index contributed by atoms with van der Waals surface area (Å²) in [6, 6.07) is 13.0. The van der Waals surface area contributed by atoms with Gasteiger partial charge in [-0.3, -0.25) is 0 Å². The van der Waals surface area contributed by atoms with Gasteiger partial charge in [-0.25, -0.2) is 4.98 Å². The van der Waals surface area contributed by atoms with Crippen LogP contribution in [-0.4, -0.2) is 42.2 Å². The van der Waals surface area contributed by atoms with Gasteiger partial charge in [0.15, 0.2) is 0 Å². The minimum Gasteiger partial charge on any atom is -0.368 e. The van der Waals surface area contributed by atoms with Gasteiger partial charge < -0.3 is 15.1 Å². The summed E-state index contributed by atoms with van der Waals surface area (Å²) in [5.74, 6) is 1.74. The Morgan fingerprint density at radius 2 is 1.61 bits per heavy atom. The standard InChI is InChI=1S/C18H25N5/c1-14(2)19-18-20-15(3)13-17(21-18)23-11-9-22(10-12-23)16-7-5-4-6-8-16/h4-8,13-14H,9-12H2,1-3H3,(H,19,20,21). The Morgan fingerprint density at radius 1 is 0.957 bits per heavy atom. The highest BCUT2D eigenvalue weighted by atomic mass is 15.3. The maximum absolute atomic E-state index is 4.68. The molecule has 0 amide bonds. The number of nitrogens with one attached hydrogen (secondary N) is 1. The molecule has 1 aliphatic heterocycles. The monoisotopic (exact) mass is 311 g/mol. The molecule has 0 bridgehead atoms. The molecule has 5 heteroatoms. The number of rotatable bonds is 4. The van der Waals surface area contributed by atoms with Crippen LogP contribution in [0.5, 0.6) is 0 Å². The van der Waals surface area contributed by atoms with Crippen LogP contribution in [0, 0.1) is 6.92 Å². The van der Waals surface area contributed by atoms with Crippen molar-refractivity contribution >= 4 is 17.5 Å². The lowest BCUT2D eigenvalue weighted by Crippen LogP contribution is -2.46. The molecule has 1 saturated heterocycles. The first-order valence-electron chi connectivity index (χ1n) is 8.29. The molecule has 1 aliphatic rings. The van der Waals surface area contributed by atoms with E-state index in [2.05, 4.69) is 75.3 Å². The molecule has 2 heterocycles. The number of piperazine rings is 1. The first-order chi connectivity index (χ1) is 11.1. The molecule has 0 unspecified atom stereocenters. The van der Waals surface area contributed by atoms with E-state index in [1.165, 1.54) is 5.69 Å². The van der Waals surface area contributed by atoms with Crippen molar-refractivity contribution < 1.29 is 0 Å². The van der Waals surface area contributed by atoms with Crippen molar-refractivity contribution in [3.05, 3.63) is 42.1 Å². The predicted molar refractivity (Wildman–Crippen MR) is 96.4 cm³/mol. The average Bonchev–Trinajstić information content (AvgIpc) is 2.55. The van der Waals surface area contributed by atoms with Gasteiger partial charge in [0.1, 0.15) is 5.82 Å². The molecule has 1 N–H and O–H groups in total. The Balaban J connectivity index is 1.69. The van der Waals surface area contributed by atoms with Gasteiger partial charge in [0.2, 0.25) is 5.95 Å². The summed E-state index contributed by atoms with van der Waals surface area (Å²) in [5, 5.41) is 3.30. The predicted octanol–water partition coefficient (Wildman–Crippen LogP) is 2.93. The number of anilines is 3. The first-order valence-corrected chi connectivity index (χ1v) is 8.29. The summed E-state index contributed by atoms with van der Waals surface area (Å²) >= 11 is 0. The Bertz CT molecular complexity index is 633. The molecule has 0 atom stereocenters. The summed E-state index contributed by atoms with van der Waals surface area (Å²) in [6.07, 6.45) is 0. The summed E-state index contributed by atoms with van der Waals surface area (Å²) < 4.78 is 0. The van der Waals surface area contributed by atoms with Crippen LogP contribution < -0.4 is 15.1 Å². The van der Waals surface area contributed by atoms with Crippen LogP contribution in [-0.2, 0) is 0 Å². The summed E-state index contributed by atoms with van der Waals surface area (Å²) in [6.45, 7) is 10.2. The highest BCUT2D eigenvalue weighted by molar-refractivity contribution is 5.50. The molecule has 0 spiro atoms. The number of aryl methyl sites for hydroxylation is 1. The van der Waals surface area contributed by atoms with E-state index in [1.54, 1.807) is 0 Å². The van der Waals surface area contributed by atoms with E-state index in [9.17, 15) is 0 Å². The molecule has 0 saturated carbocycles. The molecular weight excluding hydrogens is 286 g/mol. The quantitative estimate of drug-likeness (QED) is 0.940. The van der Waals surface area contributed by atoms with Crippen LogP contribution >= 0.6 is 0 Å². The van der Waals surface area contributed by atoms with E-state index in [1.807, 2.05) is 6.92 Å². The molecule has 3 rings (SSSR count). The average molecular weight is 311 g/mol. The smallest absolute Gasteiger partial charge is 0.225 e. The normalized spacial score (nSPS) is 15.1. The SMILES string of the molecule is Cc1cc(N2CCN(c3ccccc3)CC2)nc(NC(C)C)n1. The third-order valence-corrected chi connectivity index (χ3v) is 3.98. The van der Waals surface area contributed by atoms with Crippen molar-refractivity contribution in [1.82, 2.24) is 9.97 Å². The van der Waals surface area contributed by atoms with Crippen LogP contribution in [0.4, 0.5) is 17.5 Å². The van der Waals surface area contributed by atoms with Crippen LogP contribution in [0.1, 0.15) is 19.5 Å². The van der Waals surface area contributed by atoms with Crippen LogP contribution in [0.25, 0.3) is 0 Å². The Kier molecular flexibility index (Phi) is 4.65. The Labute approximate surface area is 138 Å². The van der Waals surface area contributed by atoms with Gasteiger partial charge in [-0.2, -0.15) is 4.98 Å². The van der Waals surface area contributed by atoms with Gasteiger partial charge in [0.25, 0.3) is 0 Å². The molecular formula is C18H25N5. The highest BCUT2D eigenvalue weighted by Crippen LogP contribution is 2.20. The number of aromatic nitrogens is 2. The number of hydrogen-bond acceptors (Lipinski definition) is 5. The molecule has 122 valence electrons. The largest absolute Gasteiger partial charge is 0.368 e. The number of hydrogen-bond donors (Lipinski definition) is 1. The van der Waals surface area contributed by atoms with Gasteiger partial charge >= 0.3 is 0 Å². The minimum absolute atomic E-state index is 0.333. The van der Waals surface area contributed by atoms with Crippen molar-refractivity contribution in [2.45, 2.75) is 26.8 Å². The maximum Gasteiger partial charge on any atom is 0.225 e. The zero-order valence-corrected chi connectivity index (χ0v) is 14.2. The van der Waals surface area contributed by atoms with E-state index in [-0.39, 0.29) is 0 Å². The van der Waals surface area contributed by atoms with Gasteiger partial charge in [-0.15, -0.1) is 0 Å². The van der Waals surface area contributed by atoms with Crippen LogP contribution in [0.3, 0.4) is 0 Å². The van der Waals surface area contributed by atoms with E-state index < -0.39 is 0 Å². The topological polar surface area (TPSA) is 44.3 Å². The second-order valence-corrected chi connectivity index (χ2v) is 6.30. The molecule has 1 aromatic carbocycles. The van der Waals surface area contributed by atoms with Gasteiger partial charge in [0, 0.05) is 49.7 Å². The second-order valence-electron chi connectivity index (χ2n) is 6.30. The van der Waals surface area contributed by atoms with Crippen molar-refractivity contribution in [1.29, 1.82) is 0 Å². The number of nitrogens with zero attached hydrogens (tertiary/aromatic N) is 4. The lowest BCUT2D eigenvalue weighted by Gasteiger charge is -2.36. The summed E-state index contributed by atoms with van der Waals surface area (Å²) in [4.78, 5) is 13.9. The van der Waals surface area contributed by atoms with Crippen molar-refractivity contribution in [2.75, 3.05) is 41.3 Å². The van der Waals surface area contributed by atoms with Crippen LogP contribution in [0.2, 0.25) is 0 Å². The van der Waals surface area contributed by atoms with Gasteiger partial charge in [0.05, 0.1) is 0 Å². The molecule has 2 aromatic rings. The fourth-order valence-corrected chi connectivity index (χ4v) is 2.87. The van der Waals surface area contributed by atoms with Crippen LogP contribution in [0.15, 0.2) is 36.4 Å². The van der Waals surface area contributed by atoms with Crippen molar-refractivity contribution in [3.8, 4) is 0 Å². The number of para-hydroxylation sites is 1. The molecule has 23 heavy (non-hydrogen) atoms. The zero-order valence-electron chi connectivity index (χ0n) is 14.2. The fraction of sp³-hybridized carbons (Fsp3) is 0.444. The van der Waals surface area contributed by atoms with E-state index in [0.29, 0.717) is 6.04 Å². The lowest BCUT2D eigenvalue weighted by molar-refractivity contribution is 0.646. The zero-order chi connectivity index (χ0) is 16.2. The van der Waals surface area contributed by atoms with Gasteiger partial charge in [-0.1, -0.05) is 18.2 Å². The summed E-state index contributed by atoms with van der Waals surface area (Å²) in [7, 11) is 0. The molecule has 0 radical (unpaired) electrons. The van der Waals surface area contributed by atoms with E-state index in [0.717, 1.165) is 43.6 Å². The van der Waals surface area contributed by atoms with E-state index in [4.69, 9.17) is 0 Å². The fourth-order valence-electron chi connectivity index (χ4n) is 2.87. The van der Waals surface area contributed by atoms with Crippen molar-refractivity contribution in [2.24, 2.45) is 0 Å².